The molecule has 4 saturated carbocycles. The second-order valence-corrected chi connectivity index (χ2v) is 7.91. The standard InChI is InChI=1S/C16H26ClNO/c1-2-3-14(17)10-18-15(19)16-7-11-4-12(8-16)6-13(5-11)9-16/h11-14H,2-10H2,1H3,(H,18,19). The van der Waals surface area contributed by atoms with Gasteiger partial charge in [-0.15, -0.1) is 11.6 Å². The summed E-state index contributed by atoms with van der Waals surface area (Å²) in [6.45, 7) is 2.78. The number of rotatable bonds is 5. The molecule has 2 nitrogen and oxygen atoms in total. The molecule has 0 aromatic heterocycles. The highest BCUT2D eigenvalue weighted by Crippen LogP contribution is 2.60. The van der Waals surface area contributed by atoms with E-state index in [4.69, 9.17) is 11.6 Å². The van der Waals surface area contributed by atoms with Crippen LogP contribution in [-0.4, -0.2) is 17.8 Å². The highest BCUT2D eigenvalue weighted by atomic mass is 35.5. The quantitative estimate of drug-likeness (QED) is 0.766. The van der Waals surface area contributed by atoms with E-state index in [0.29, 0.717) is 12.5 Å². The molecule has 0 saturated heterocycles. The molecule has 1 amide bonds. The third-order valence-electron chi connectivity index (χ3n) is 5.61. The smallest absolute Gasteiger partial charge is 0.226 e. The van der Waals surface area contributed by atoms with E-state index in [9.17, 15) is 4.79 Å². The van der Waals surface area contributed by atoms with Gasteiger partial charge in [-0.1, -0.05) is 13.3 Å². The first kappa shape index (κ1) is 13.7. The van der Waals surface area contributed by atoms with Crippen LogP contribution in [0.2, 0.25) is 0 Å². The number of carbonyl (C=O) groups excluding carboxylic acids is 1. The summed E-state index contributed by atoms with van der Waals surface area (Å²) in [7, 11) is 0. The number of carbonyl (C=O) groups is 1. The summed E-state index contributed by atoms with van der Waals surface area (Å²) in [5, 5.41) is 3.25. The van der Waals surface area contributed by atoms with Crippen molar-refractivity contribution in [1.29, 1.82) is 0 Å². The molecule has 4 bridgehead atoms. The van der Waals surface area contributed by atoms with Crippen molar-refractivity contribution in [2.24, 2.45) is 23.2 Å². The molecule has 1 unspecified atom stereocenters. The predicted molar refractivity (Wildman–Crippen MR) is 78.2 cm³/mol. The van der Waals surface area contributed by atoms with Crippen molar-refractivity contribution in [1.82, 2.24) is 5.32 Å². The summed E-state index contributed by atoms with van der Waals surface area (Å²) < 4.78 is 0. The summed E-state index contributed by atoms with van der Waals surface area (Å²) in [6, 6.07) is 0. The highest BCUT2D eigenvalue weighted by molar-refractivity contribution is 6.20. The summed E-state index contributed by atoms with van der Waals surface area (Å²) in [5.41, 5.74) is -0.0163. The molecule has 0 spiro atoms. The van der Waals surface area contributed by atoms with Crippen LogP contribution in [0, 0.1) is 23.2 Å². The van der Waals surface area contributed by atoms with Crippen LogP contribution < -0.4 is 5.32 Å². The molecule has 4 fully saturated rings. The van der Waals surface area contributed by atoms with Crippen LogP contribution in [-0.2, 0) is 4.79 Å². The van der Waals surface area contributed by atoms with Gasteiger partial charge in [0, 0.05) is 12.0 Å². The van der Waals surface area contributed by atoms with Crippen molar-refractivity contribution in [3.05, 3.63) is 0 Å². The molecule has 19 heavy (non-hydrogen) atoms. The van der Waals surface area contributed by atoms with Crippen molar-refractivity contribution >= 4 is 17.5 Å². The number of amides is 1. The number of nitrogens with one attached hydrogen (secondary N) is 1. The van der Waals surface area contributed by atoms with E-state index in [1.807, 2.05) is 0 Å². The summed E-state index contributed by atoms with van der Waals surface area (Å²) in [5.74, 6) is 2.81. The first-order valence-electron chi connectivity index (χ1n) is 8.03. The van der Waals surface area contributed by atoms with Crippen LogP contribution in [0.15, 0.2) is 0 Å². The van der Waals surface area contributed by atoms with Gasteiger partial charge in [0.2, 0.25) is 5.91 Å². The second-order valence-electron chi connectivity index (χ2n) is 7.29. The summed E-state index contributed by atoms with van der Waals surface area (Å²) in [6.07, 6.45) is 9.67. The molecule has 1 N–H and O–H groups in total. The number of hydrogen-bond donors (Lipinski definition) is 1. The van der Waals surface area contributed by atoms with E-state index in [-0.39, 0.29) is 10.8 Å². The Hall–Kier alpha value is -0.240. The van der Waals surface area contributed by atoms with Crippen molar-refractivity contribution < 1.29 is 4.79 Å². The first-order chi connectivity index (χ1) is 9.11. The maximum atomic E-state index is 12.6. The van der Waals surface area contributed by atoms with Gasteiger partial charge in [0.1, 0.15) is 0 Å². The van der Waals surface area contributed by atoms with Crippen LogP contribution in [0.3, 0.4) is 0 Å². The lowest BCUT2D eigenvalue weighted by molar-refractivity contribution is -0.146. The van der Waals surface area contributed by atoms with Crippen LogP contribution in [0.5, 0.6) is 0 Å². The average Bonchev–Trinajstić information content (AvgIpc) is 2.34. The molecular formula is C16H26ClNO. The van der Waals surface area contributed by atoms with Gasteiger partial charge in [-0.05, 0) is 62.7 Å². The molecule has 0 aliphatic heterocycles. The van der Waals surface area contributed by atoms with Crippen molar-refractivity contribution in [3.8, 4) is 0 Å². The second kappa shape index (κ2) is 5.27. The van der Waals surface area contributed by atoms with Crippen LogP contribution in [0.4, 0.5) is 0 Å². The molecule has 0 radical (unpaired) electrons. The summed E-state index contributed by atoms with van der Waals surface area (Å²) in [4.78, 5) is 12.6. The van der Waals surface area contributed by atoms with Crippen LogP contribution in [0.25, 0.3) is 0 Å². The molecule has 4 aliphatic carbocycles. The van der Waals surface area contributed by atoms with E-state index in [2.05, 4.69) is 12.2 Å². The number of hydrogen-bond acceptors (Lipinski definition) is 1. The van der Waals surface area contributed by atoms with Gasteiger partial charge in [-0.25, -0.2) is 0 Å². The molecule has 0 aromatic carbocycles. The van der Waals surface area contributed by atoms with Crippen molar-refractivity contribution in [2.45, 2.75) is 63.7 Å². The Morgan fingerprint density at radius 1 is 1.21 bits per heavy atom. The zero-order valence-electron chi connectivity index (χ0n) is 12.0. The number of halogens is 1. The first-order valence-corrected chi connectivity index (χ1v) is 8.47. The third-order valence-corrected chi connectivity index (χ3v) is 5.98. The van der Waals surface area contributed by atoms with Gasteiger partial charge in [0.15, 0.2) is 0 Å². The van der Waals surface area contributed by atoms with Crippen molar-refractivity contribution in [2.75, 3.05) is 6.54 Å². The van der Waals surface area contributed by atoms with Crippen LogP contribution >= 0.6 is 11.6 Å². The average molecular weight is 284 g/mol. The molecule has 108 valence electrons. The third kappa shape index (κ3) is 2.66. The maximum absolute atomic E-state index is 12.6. The lowest BCUT2D eigenvalue weighted by Crippen LogP contribution is -2.54. The minimum atomic E-state index is -0.0163. The fourth-order valence-corrected chi connectivity index (χ4v) is 5.49. The zero-order chi connectivity index (χ0) is 13.5. The van der Waals surface area contributed by atoms with Crippen molar-refractivity contribution in [3.63, 3.8) is 0 Å². The minimum absolute atomic E-state index is 0.0163. The van der Waals surface area contributed by atoms with E-state index in [1.165, 1.54) is 19.3 Å². The maximum Gasteiger partial charge on any atom is 0.226 e. The largest absolute Gasteiger partial charge is 0.354 e. The Labute approximate surface area is 121 Å². The van der Waals surface area contributed by atoms with Gasteiger partial charge in [0.25, 0.3) is 0 Å². The van der Waals surface area contributed by atoms with Crippen LogP contribution in [0.1, 0.15) is 58.3 Å². The van der Waals surface area contributed by atoms with Gasteiger partial charge in [0.05, 0.1) is 5.38 Å². The molecule has 0 aromatic rings. The van der Waals surface area contributed by atoms with Gasteiger partial charge in [-0.3, -0.25) is 4.79 Å². The monoisotopic (exact) mass is 283 g/mol. The molecule has 1 atom stereocenters. The highest BCUT2D eigenvalue weighted by Gasteiger charge is 2.54. The minimum Gasteiger partial charge on any atom is -0.354 e. The Bertz CT molecular complexity index is 319. The zero-order valence-corrected chi connectivity index (χ0v) is 12.7. The fourth-order valence-electron chi connectivity index (χ4n) is 5.19. The molecule has 4 aliphatic rings. The lowest BCUT2D eigenvalue weighted by Gasteiger charge is -2.55. The SMILES string of the molecule is CCCC(Cl)CNC(=O)C12CC3CC(CC(C3)C1)C2. The van der Waals surface area contributed by atoms with Gasteiger partial charge < -0.3 is 5.32 Å². The van der Waals surface area contributed by atoms with Gasteiger partial charge >= 0.3 is 0 Å². The van der Waals surface area contributed by atoms with E-state index in [1.54, 1.807) is 0 Å². The topological polar surface area (TPSA) is 29.1 Å². The molecule has 4 rings (SSSR count). The fraction of sp³-hybridized carbons (Fsp3) is 0.938. The normalized spacial score (nSPS) is 41.3. The Morgan fingerprint density at radius 2 is 1.74 bits per heavy atom. The number of alkyl halides is 1. The van der Waals surface area contributed by atoms with E-state index >= 15 is 0 Å². The molecule has 3 heteroatoms. The molecule has 0 heterocycles. The Morgan fingerprint density at radius 3 is 2.21 bits per heavy atom. The Kier molecular flexibility index (Phi) is 3.81. The summed E-state index contributed by atoms with van der Waals surface area (Å²) >= 11 is 6.22. The molecular weight excluding hydrogens is 258 g/mol. The van der Waals surface area contributed by atoms with E-state index < -0.39 is 0 Å². The lowest BCUT2D eigenvalue weighted by atomic mass is 9.49. The Balaban J connectivity index is 1.60. The van der Waals surface area contributed by atoms with E-state index in [0.717, 1.165) is 49.9 Å². The van der Waals surface area contributed by atoms with Gasteiger partial charge in [-0.2, -0.15) is 0 Å². The predicted octanol–water partition coefficient (Wildman–Crippen LogP) is 3.73.